The maximum absolute atomic E-state index is 13.3. The summed E-state index contributed by atoms with van der Waals surface area (Å²) >= 11 is 3.44. The number of carbonyl (C=O) groups excluding carboxylic acids is 3. The molecule has 0 aliphatic carbocycles. The number of ether oxygens (including phenoxy) is 1. The maximum Gasteiger partial charge on any atom is 0.256 e. The van der Waals surface area contributed by atoms with Crippen LogP contribution in [0.3, 0.4) is 0 Å². The average Bonchev–Trinajstić information content (AvgIpc) is 2.78. The number of rotatable bonds is 6. The van der Waals surface area contributed by atoms with E-state index in [0.717, 1.165) is 30.4 Å². The second-order valence-corrected chi connectivity index (χ2v) is 9.47. The Kier molecular flexibility index (Phi) is 8.49. The first-order valence-electron chi connectivity index (χ1n) is 11.1. The van der Waals surface area contributed by atoms with Gasteiger partial charge >= 0.3 is 0 Å². The lowest BCUT2D eigenvalue weighted by atomic mass is 9.88. The number of morpholine rings is 1. The van der Waals surface area contributed by atoms with Crippen LogP contribution < -0.4 is 5.32 Å². The van der Waals surface area contributed by atoms with Crippen LogP contribution in [0.4, 0.5) is 5.69 Å². The minimum atomic E-state index is -0.267. The molecule has 1 aromatic rings. The summed E-state index contributed by atoms with van der Waals surface area (Å²) < 4.78 is 6.04. The lowest BCUT2D eigenvalue weighted by Crippen LogP contribution is -2.43. The molecule has 2 heterocycles. The van der Waals surface area contributed by atoms with Crippen LogP contribution in [0.25, 0.3) is 0 Å². The third-order valence-corrected chi connectivity index (χ3v) is 6.52. The second-order valence-electron chi connectivity index (χ2n) is 8.56. The zero-order chi connectivity index (χ0) is 22.4. The van der Waals surface area contributed by atoms with Gasteiger partial charge in [0.05, 0.1) is 24.5 Å². The standard InChI is InChI=1S/C23H32BrN3O4/c1-3-17-12-16(2)14-27(15-17)23(30)19-13-18(24)4-5-20(19)25-21(28)6-7-22(29)26-8-10-31-11-9-26/h4-5,13,16-17H,3,6-12,14-15H2,1-2H3,(H,25,28). The number of anilines is 1. The van der Waals surface area contributed by atoms with Crippen molar-refractivity contribution in [1.29, 1.82) is 0 Å². The molecule has 31 heavy (non-hydrogen) atoms. The lowest BCUT2D eigenvalue weighted by molar-refractivity contribution is -0.136. The maximum atomic E-state index is 13.3. The van der Waals surface area contributed by atoms with Crippen molar-refractivity contribution in [3.8, 4) is 0 Å². The van der Waals surface area contributed by atoms with Crippen LogP contribution in [0.15, 0.2) is 22.7 Å². The van der Waals surface area contributed by atoms with E-state index in [1.54, 1.807) is 23.1 Å². The first-order valence-corrected chi connectivity index (χ1v) is 11.9. The van der Waals surface area contributed by atoms with Gasteiger partial charge in [-0.1, -0.05) is 36.2 Å². The quantitative estimate of drug-likeness (QED) is 0.657. The predicted molar refractivity (Wildman–Crippen MR) is 123 cm³/mol. The number of nitrogens with one attached hydrogen (secondary N) is 1. The van der Waals surface area contributed by atoms with E-state index in [0.29, 0.717) is 49.4 Å². The van der Waals surface area contributed by atoms with E-state index in [-0.39, 0.29) is 30.6 Å². The molecule has 2 unspecified atom stereocenters. The van der Waals surface area contributed by atoms with Crippen LogP contribution in [-0.4, -0.2) is 66.9 Å². The Morgan fingerprint density at radius 3 is 2.58 bits per heavy atom. The molecular weight excluding hydrogens is 462 g/mol. The molecule has 7 nitrogen and oxygen atoms in total. The van der Waals surface area contributed by atoms with Gasteiger partial charge in [0.2, 0.25) is 11.8 Å². The van der Waals surface area contributed by atoms with Gasteiger partial charge in [0.15, 0.2) is 0 Å². The summed E-state index contributed by atoms with van der Waals surface area (Å²) in [5.41, 5.74) is 0.967. The van der Waals surface area contributed by atoms with Gasteiger partial charge in [-0.05, 0) is 36.5 Å². The second kappa shape index (κ2) is 11.1. The molecule has 2 aliphatic heterocycles. The minimum absolute atomic E-state index is 0.0431. The molecule has 3 amide bonds. The van der Waals surface area contributed by atoms with Crippen LogP contribution in [0.2, 0.25) is 0 Å². The highest BCUT2D eigenvalue weighted by molar-refractivity contribution is 9.10. The van der Waals surface area contributed by atoms with Crippen molar-refractivity contribution < 1.29 is 19.1 Å². The fourth-order valence-corrected chi connectivity index (χ4v) is 4.68. The summed E-state index contributed by atoms with van der Waals surface area (Å²) in [6, 6.07) is 5.31. The molecule has 0 bridgehead atoms. The molecule has 3 rings (SSSR count). The van der Waals surface area contributed by atoms with Gasteiger partial charge in [-0.15, -0.1) is 0 Å². The zero-order valence-electron chi connectivity index (χ0n) is 18.4. The molecule has 2 fully saturated rings. The highest BCUT2D eigenvalue weighted by atomic mass is 79.9. The van der Waals surface area contributed by atoms with Crippen molar-refractivity contribution >= 4 is 39.3 Å². The molecule has 0 saturated carbocycles. The van der Waals surface area contributed by atoms with Gasteiger partial charge in [0.1, 0.15) is 0 Å². The van der Waals surface area contributed by atoms with E-state index in [9.17, 15) is 14.4 Å². The van der Waals surface area contributed by atoms with Gasteiger partial charge in [0, 0.05) is 43.5 Å². The Bertz CT molecular complexity index is 810. The number of hydrogen-bond donors (Lipinski definition) is 1. The van der Waals surface area contributed by atoms with E-state index < -0.39 is 0 Å². The highest BCUT2D eigenvalue weighted by Crippen LogP contribution is 2.28. The van der Waals surface area contributed by atoms with Gasteiger partial charge < -0.3 is 19.9 Å². The van der Waals surface area contributed by atoms with Crippen LogP contribution in [0, 0.1) is 11.8 Å². The molecule has 1 N–H and O–H groups in total. The molecule has 8 heteroatoms. The Labute approximate surface area is 192 Å². The summed E-state index contributed by atoms with van der Waals surface area (Å²) in [5.74, 6) is 0.587. The summed E-state index contributed by atoms with van der Waals surface area (Å²) in [7, 11) is 0. The van der Waals surface area contributed by atoms with Gasteiger partial charge in [-0.3, -0.25) is 14.4 Å². The molecule has 170 valence electrons. The van der Waals surface area contributed by atoms with Crippen LogP contribution in [0.5, 0.6) is 0 Å². The van der Waals surface area contributed by atoms with Crippen LogP contribution in [-0.2, 0) is 14.3 Å². The fourth-order valence-electron chi connectivity index (χ4n) is 4.32. The summed E-state index contributed by atoms with van der Waals surface area (Å²) in [4.78, 5) is 41.8. The van der Waals surface area contributed by atoms with Gasteiger partial charge in [0.25, 0.3) is 5.91 Å². The third-order valence-electron chi connectivity index (χ3n) is 6.03. The number of halogens is 1. The highest BCUT2D eigenvalue weighted by Gasteiger charge is 2.29. The number of hydrogen-bond acceptors (Lipinski definition) is 4. The van der Waals surface area contributed by atoms with E-state index in [4.69, 9.17) is 4.74 Å². The number of likely N-dealkylation sites (tertiary alicyclic amines) is 1. The number of piperidine rings is 1. The van der Waals surface area contributed by atoms with Crippen LogP contribution in [0.1, 0.15) is 49.9 Å². The first kappa shape index (κ1) is 23.7. The molecule has 2 saturated heterocycles. The predicted octanol–water partition coefficient (Wildman–Crippen LogP) is 3.53. The van der Waals surface area contributed by atoms with E-state index >= 15 is 0 Å². The minimum Gasteiger partial charge on any atom is -0.378 e. The van der Waals surface area contributed by atoms with Gasteiger partial charge in [-0.25, -0.2) is 0 Å². The van der Waals surface area contributed by atoms with Gasteiger partial charge in [-0.2, -0.15) is 0 Å². The number of amides is 3. The Morgan fingerprint density at radius 1 is 1.13 bits per heavy atom. The summed E-state index contributed by atoms with van der Waals surface area (Å²) in [6.07, 6.45) is 2.42. The Morgan fingerprint density at radius 2 is 1.87 bits per heavy atom. The normalized spacial score (nSPS) is 21.6. The summed E-state index contributed by atoms with van der Waals surface area (Å²) in [6.45, 7) is 8.02. The van der Waals surface area contributed by atoms with Crippen LogP contribution >= 0.6 is 15.9 Å². The molecular formula is C23H32BrN3O4. The van der Waals surface area contributed by atoms with Crippen molar-refractivity contribution in [3.63, 3.8) is 0 Å². The van der Waals surface area contributed by atoms with E-state index in [1.807, 2.05) is 4.90 Å². The lowest BCUT2D eigenvalue weighted by Gasteiger charge is -2.36. The molecule has 0 aromatic heterocycles. The topological polar surface area (TPSA) is 79.0 Å². The first-order chi connectivity index (χ1) is 14.9. The Hall–Kier alpha value is -1.93. The number of nitrogens with zero attached hydrogens (tertiary/aromatic N) is 2. The summed E-state index contributed by atoms with van der Waals surface area (Å²) in [5, 5.41) is 2.85. The number of benzene rings is 1. The van der Waals surface area contributed by atoms with Crippen molar-refractivity contribution in [2.45, 2.75) is 39.5 Å². The Balaban J connectivity index is 1.64. The fraction of sp³-hybridized carbons (Fsp3) is 0.609. The number of carbonyl (C=O) groups is 3. The van der Waals surface area contributed by atoms with Crippen molar-refractivity contribution in [2.24, 2.45) is 11.8 Å². The van der Waals surface area contributed by atoms with Crippen molar-refractivity contribution in [3.05, 3.63) is 28.2 Å². The molecule has 0 spiro atoms. The van der Waals surface area contributed by atoms with Crippen molar-refractivity contribution in [2.75, 3.05) is 44.7 Å². The molecule has 0 radical (unpaired) electrons. The zero-order valence-corrected chi connectivity index (χ0v) is 19.9. The molecule has 2 aliphatic rings. The average molecular weight is 494 g/mol. The van der Waals surface area contributed by atoms with Crippen molar-refractivity contribution in [1.82, 2.24) is 9.80 Å². The van der Waals surface area contributed by atoms with E-state index in [1.165, 1.54) is 0 Å². The van der Waals surface area contributed by atoms with E-state index in [2.05, 4.69) is 35.1 Å². The molecule has 2 atom stereocenters. The third kappa shape index (κ3) is 6.53. The SMILES string of the molecule is CCC1CC(C)CN(C(=O)c2cc(Br)ccc2NC(=O)CCC(=O)N2CCOCC2)C1. The smallest absolute Gasteiger partial charge is 0.256 e. The monoisotopic (exact) mass is 493 g/mol. The largest absolute Gasteiger partial charge is 0.378 e. The molecule has 1 aromatic carbocycles.